The highest BCUT2D eigenvalue weighted by Crippen LogP contribution is 2.35. The van der Waals surface area contributed by atoms with E-state index in [4.69, 9.17) is 0 Å². The largest absolute Gasteiger partial charge is 0.284 e. The maximum atomic E-state index is 12.7. The number of rotatable bonds is 5. The van der Waals surface area contributed by atoms with Crippen molar-refractivity contribution >= 4 is 21.7 Å². The molecule has 8 nitrogen and oxygen atoms in total. The number of hydrogen-bond donors (Lipinski definition) is 0. The van der Waals surface area contributed by atoms with E-state index in [1.807, 2.05) is 42.6 Å². The van der Waals surface area contributed by atoms with Gasteiger partial charge in [0.1, 0.15) is 0 Å². The molecule has 0 bridgehead atoms. The van der Waals surface area contributed by atoms with E-state index >= 15 is 0 Å². The monoisotopic (exact) mass is 420 g/mol. The van der Waals surface area contributed by atoms with E-state index in [0.717, 1.165) is 17.0 Å². The maximum Gasteiger partial charge on any atom is 0.234 e. The molecule has 9 heteroatoms. The van der Waals surface area contributed by atoms with Gasteiger partial charge < -0.3 is 0 Å². The SMILES string of the molecule is Cc1nn([C@H]2CCS(=O)(=O)C2)c(C)c1CN(C)CN1C(=O)[C@H]2CC=CC[C@H]2C1=O. The van der Waals surface area contributed by atoms with Crippen LogP contribution in [0, 0.1) is 25.7 Å². The number of sulfone groups is 1. The lowest BCUT2D eigenvalue weighted by Crippen LogP contribution is -2.40. The minimum Gasteiger partial charge on any atom is -0.284 e. The summed E-state index contributed by atoms with van der Waals surface area (Å²) >= 11 is 0. The average molecular weight is 421 g/mol. The summed E-state index contributed by atoms with van der Waals surface area (Å²) in [5.74, 6) is -0.222. The Morgan fingerprint density at radius 2 is 1.76 bits per heavy atom. The zero-order valence-corrected chi connectivity index (χ0v) is 18.0. The van der Waals surface area contributed by atoms with Crippen molar-refractivity contribution in [2.75, 3.05) is 25.2 Å². The first-order valence-electron chi connectivity index (χ1n) is 10.1. The molecule has 3 atom stereocenters. The fraction of sp³-hybridized carbons (Fsp3) is 0.650. The highest BCUT2D eigenvalue weighted by molar-refractivity contribution is 7.91. The van der Waals surface area contributed by atoms with Crippen molar-refractivity contribution < 1.29 is 18.0 Å². The quantitative estimate of drug-likeness (QED) is 0.525. The van der Waals surface area contributed by atoms with Gasteiger partial charge in [0.15, 0.2) is 9.84 Å². The third-order valence-corrected chi connectivity index (χ3v) is 8.19. The molecule has 2 amide bonds. The van der Waals surface area contributed by atoms with Crippen LogP contribution in [-0.2, 0) is 26.0 Å². The van der Waals surface area contributed by atoms with E-state index in [1.165, 1.54) is 4.90 Å². The molecule has 29 heavy (non-hydrogen) atoms. The molecule has 0 N–H and O–H groups in total. The molecule has 0 aromatic carbocycles. The Labute approximate surface area is 171 Å². The number of amides is 2. The second-order valence-electron chi connectivity index (χ2n) is 8.57. The van der Waals surface area contributed by atoms with Gasteiger partial charge in [-0.05, 0) is 40.2 Å². The van der Waals surface area contributed by atoms with Gasteiger partial charge in [0.25, 0.3) is 0 Å². The fourth-order valence-corrected chi connectivity index (χ4v) is 6.51. The third-order valence-electron chi connectivity index (χ3n) is 6.44. The Balaban J connectivity index is 1.46. The van der Waals surface area contributed by atoms with Crippen molar-refractivity contribution in [3.8, 4) is 0 Å². The minimum atomic E-state index is -2.98. The van der Waals surface area contributed by atoms with Crippen LogP contribution in [-0.4, -0.2) is 65.0 Å². The van der Waals surface area contributed by atoms with Crippen molar-refractivity contribution in [1.82, 2.24) is 19.6 Å². The molecule has 3 aliphatic rings. The van der Waals surface area contributed by atoms with Crippen LogP contribution in [0.15, 0.2) is 12.2 Å². The summed E-state index contributed by atoms with van der Waals surface area (Å²) in [6.07, 6.45) is 5.86. The number of hydrogen-bond acceptors (Lipinski definition) is 6. The fourth-order valence-electron chi connectivity index (χ4n) is 4.82. The molecule has 2 aliphatic heterocycles. The van der Waals surface area contributed by atoms with Crippen molar-refractivity contribution in [2.45, 2.75) is 45.7 Å². The van der Waals surface area contributed by atoms with E-state index in [-0.39, 0.29) is 47.9 Å². The van der Waals surface area contributed by atoms with Gasteiger partial charge in [0.05, 0.1) is 41.7 Å². The smallest absolute Gasteiger partial charge is 0.234 e. The Hall–Kier alpha value is -2.00. The number of fused-ring (bicyclic) bond motifs is 1. The summed E-state index contributed by atoms with van der Waals surface area (Å²) in [4.78, 5) is 28.7. The third kappa shape index (κ3) is 3.66. The number of allylic oxidation sites excluding steroid dienone is 2. The summed E-state index contributed by atoms with van der Waals surface area (Å²) in [6, 6.07) is -0.116. The predicted octanol–water partition coefficient (Wildman–Crippen LogP) is 1.20. The van der Waals surface area contributed by atoms with E-state index in [2.05, 4.69) is 5.10 Å². The number of aryl methyl sites for hydroxylation is 1. The molecule has 0 spiro atoms. The summed E-state index contributed by atoms with van der Waals surface area (Å²) in [6.45, 7) is 4.68. The molecule has 158 valence electrons. The first-order chi connectivity index (χ1) is 13.7. The lowest BCUT2D eigenvalue weighted by molar-refractivity contribution is -0.142. The number of likely N-dealkylation sites (tertiary alicyclic amines) is 1. The highest BCUT2D eigenvalue weighted by atomic mass is 32.2. The van der Waals surface area contributed by atoms with Crippen molar-refractivity contribution in [2.24, 2.45) is 11.8 Å². The summed E-state index contributed by atoms with van der Waals surface area (Å²) in [7, 11) is -1.10. The Morgan fingerprint density at radius 3 is 2.31 bits per heavy atom. The Morgan fingerprint density at radius 1 is 1.14 bits per heavy atom. The molecule has 2 saturated heterocycles. The van der Waals surface area contributed by atoms with Crippen LogP contribution in [0.4, 0.5) is 0 Å². The average Bonchev–Trinajstić information content (AvgIpc) is 3.25. The predicted molar refractivity (Wildman–Crippen MR) is 108 cm³/mol. The van der Waals surface area contributed by atoms with E-state index in [1.54, 1.807) is 0 Å². The lowest BCUT2D eigenvalue weighted by atomic mass is 9.85. The molecule has 1 aliphatic carbocycles. The van der Waals surface area contributed by atoms with E-state index < -0.39 is 9.84 Å². The Bertz CT molecular complexity index is 955. The van der Waals surface area contributed by atoms with Crippen LogP contribution in [0.25, 0.3) is 0 Å². The van der Waals surface area contributed by atoms with Crippen LogP contribution >= 0.6 is 0 Å². The standard InChI is InChI=1S/C20H28N4O4S/c1-13-18(14(2)24(21-13)15-8-9-29(27,28)11-15)10-22(3)12-23-19(25)16-6-4-5-7-17(16)20(23)26/h4-5,15-17H,6-12H2,1-3H3/t15-,16-,17+/m0/s1. The lowest BCUT2D eigenvalue weighted by Gasteiger charge is -2.23. The van der Waals surface area contributed by atoms with Crippen LogP contribution in [0.3, 0.4) is 0 Å². The van der Waals surface area contributed by atoms with Crippen LogP contribution in [0.2, 0.25) is 0 Å². The molecular formula is C20H28N4O4S. The molecule has 3 heterocycles. The number of carbonyl (C=O) groups is 2. The molecule has 4 rings (SSSR count). The van der Waals surface area contributed by atoms with Gasteiger partial charge in [-0.15, -0.1) is 0 Å². The van der Waals surface area contributed by atoms with E-state index in [9.17, 15) is 18.0 Å². The molecule has 0 radical (unpaired) electrons. The van der Waals surface area contributed by atoms with Gasteiger partial charge >= 0.3 is 0 Å². The van der Waals surface area contributed by atoms with Crippen molar-refractivity contribution in [3.63, 3.8) is 0 Å². The second-order valence-corrected chi connectivity index (χ2v) is 10.8. The van der Waals surface area contributed by atoms with Gasteiger partial charge in [-0.2, -0.15) is 5.10 Å². The minimum absolute atomic E-state index is 0.0727. The van der Waals surface area contributed by atoms with Gasteiger partial charge in [-0.3, -0.25) is 24.1 Å². The van der Waals surface area contributed by atoms with E-state index in [0.29, 0.717) is 25.8 Å². The van der Waals surface area contributed by atoms with Crippen LogP contribution in [0.1, 0.15) is 42.3 Å². The number of aromatic nitrogens is 2. The summed E-state index contributed by atoms with van der Waals surface area (Å²) < 4.78 is 25.5. The number of nitrogens with zero attached hydrogens (tertiary/aromatic N) is 4. The number of carbonyl (C=O) groups excluding carboxylic acids is 2. The molecule has 0 unspecified atom stereocenters. The molecule has 1 aromatic rings. The highest BCUT2D eigenvalue weighted by Gasteiger charge is 2.47. The van der Waals surface area contributed by atoms with Gasteiger partial charge in [-0.1, -0.05) is 12.2 Å². The Kier molecular flexibility index (Phi) is 5.14. The molecule has 1 aromatic heterocycles. The number of imide groups is 1. The van der Waals surface area contributed by atoms with Crippen molar-refractivity contribution in [3.05, 3.63) is 29.1 Å². The molecule has 0 saturated carbocycles. The zero-order valence-electron chi connectivity index (χ0n) is 17.2. The van der Waals surface area contributed by atoms with Crippen molar-refractivity contribution in [1.29, 1.82) is 0 Å². The van der Waals surface area contributed by atoms with Crippen LogP contribution in [0.5, 0.6) is 0 Å². The first kappa shape index (κ1) is 20.3. The van der Waals surface area contributed by atoms with Gasteiger partial charge in [0, 0.05) is 17.8 Å². The topological polar surface area (TPSA) is 92.6 Å². The summed E-state index contributed by atoms with van der Waals surface area (Å²) in [5.41, 5.74) is 2.83. The zero-order chi connectivity index (χ0) is 20.9. The maximum absolute atomic E-state index is 12.7. The first-order valence-corrected chi connectivity index (χ1v) is 11.9. The summed E-state index contributed by atoms with van der Waals surface area (Å²) in [5, 5.41) is 4.60. The van der Waals surface area contributed by atoms with Gasteiger partial charge in [-0.25, -0.2) is 8.42 Å². The van der Waals surface area contributed by atoms with Crippen LogP contribution < -0.4 is 0 Å². The molecular weight excluding hydrogens is 392 g/mol. The second kappa shape index (κ2) is 7.36. The van der Waals surface area contributed by atoms with Gasteiger partial charge in [0.2, 0.25) is 11.8 Å². The normalized spacial score (nSPS) is 28.6. The molecule has 2 fully saturated rings.